The Morgan fingerprint density at radius 3 is 2.86 bits per heavy atom. The second-order valence-corrected chi connectivity index (χ2v) is 5.25. The van der Waals surface area contributed by atoms with Crippen LogP contribution in [-0.4, -0.2) is 40.7 Å². The summed E-state index contributed by atoms with van der Waals surface area (Å²) in [4.78, 5) is 15.7. The maximum Gasteiger partial charge on any atom is 0.230 e. The third-order valence-corrected chi connectivity index (χ3v) is 3.62. The molecule has 110 valence electrons. The Balaban J connectivity index is 1.86. The maximum atomic E-state index is 4.57. The van der Waals surface area contributed by atoms with Gasteiger partial charge in [0.25, 0.3) is 0 Å². The van der Waals surface area contributed by atoms with Crippen LogP contribution in [0.4, 0.5) is 5.95 Å². The molecule has 21 heavy (non-hydrogen) atoms. The quantitative estimate of drug-likeness (QED) is 0.881. The van der Waals surface area contributed by atoms with Crippen molar-refractivity contribution >= 4 is 22.8 Å². The molecule has 0 spiro atoms. The molecule has 0 saturated heterocycles. The number of aromatic nitrogens is 2. The van der Waals surface area contributed by atoms with E-state index in [-0.39, 0.29) is 0 Å². The molecule has 0 atom stereocenters. The van der Waals surface area contributed by atoms with E-state index in [0.29, 0.717) is 12.6 Å². The van der Waals surface area contributed by atoms with Gasteiger partial charge in [0.2, 0.25) is 11.9 Å². The second kappa shape index (κ2) is 5.65. The number of nitrogens with zero attached hydrogens (tertiary/aromatic N) is 4. The highest BCUT2D eigenvalue weighted by atomic mass is 15.4. The Bertz CT molecular complexity index is 694. The van der Waals surface area contributed by atoms with E-state index in [1.165, 1.54) is 5.56 Å². The van der Waals surface area contributed by atoms with E-state index >= 15 is 0 Å². The molecule has 0 unspecified atom stereocenters. The van der Waals surface area contributed by atoms with E-state index < -0.39 is 0 Å². The molecule has 2 aromatic rings. The van der Waals surface area contributed by atoms with Crippen LogP contribution in [0, 0.1) is 13.8 Å². The van der Waals surface area contributed by atoms with Crippen LogP contribution in [0.25, 0.3) is 10.9 Å². The van der Waals surface area contributed by atoms with Gasteiger partial charge in [-0.2, -0.15) is 0 Å². The summed E-state index contributed by atoms with van der Waals surface area (Å²) in [5.41, 5.74) is 3.11. The Labute approximate surface area is 124 Å². The topological polar surface area (TPSA) is 65.4 Å². The van der Waals surface area contributed by atoms with E-state index in [9.17, 15) is 0 Å². The number of anilines is 1. The molecule has 1 aromatic heterocycles. The molecular weight excluding hydrogens is 264 g/mol. The van der Waals surface area contributed by atoms with E-state index in [1.54, 1.807) is 0 Å². The number of benzene rings is 1. The number of nitrogens with one attached hydrogen (secondary N) is 2. The lowest BCUT2D eigenvalue weighted by molar-refractivity contribution is 0.279. The molecular formula is C15H20N6. The predicted octanol–water partition coefficient (Wildman–Crippen LogP) is 1.85. The summed E-state index contributed by atoms with van der Waals surface area (Å²) < 4.78 is 0. The highest BCUT2D eigenvalue weighted by molar-refractivity contribution is 5.93. The van der Waals surface area contributed by atoms with Crippen molar-refractivity contribution in [3.8, 4) is 0 Å². The Hall–Kier alpha value is -2.21. The Kier molecular flexibility index (Phi) is 3.70. The van der Waals surface area contributed by atoms with Crippen LogP contribution in [0.1, 0.15) is 18.2 Å². The third-order valence-electron chi connectivity index (χ3n) is 3.62. The zero-order valence-electron chi connectivity index (χ0n) is 12.6. The summed E-state index contributed by atoms with van der Waals surface area (Å²) >= 11 is 0. The largest absolute Gasteiger partial charge is 0.343 e. The molecule has 0 bridgehead atoms. The van der Waals surface area contributed by atoms with Gasteiger partial charge >= 0.3 is 0 Å². The van der Waals surface area contributed by atoms with Crippen molar-refractivity contribution < 1.29 is 0 Å². The van der Waals surface area contributed by atoms with Gasteiger partial charge in [0.15, 0.2) is 0 Å². The van der Waals surface area contributed by atoms with Crippen molar-refractivity contribution in [2.75, 3.05) is 25.2 Å². The summed E-state index contributed by atoms with van der Waals surface area (Å²) in [6.45, 7) is 8.64. The van der Waals surface area contributed by atoms with Gasteiger partial charge in [0.05, 0.1) is 24.5 Å². The van der Waals surface area contributed by atoms with Crippen molar-refractivity contribution in [1.82, 2.24) is 20.2 Å². The Morgan fingerprint density at radius 1 is 1.29 bits per heavy atom. The average molecular weight is 284 g/mol. The molecule has 3 rings (SSSR count). The number of fused-ring (bicyclic) bond motifs is 1. The van der Waals surface area contributed by atoms with Crippen molar-refractivity contribution in [2.24, 2.45) is 4.99 Å². The van der Waals surface area contributed by atoms with Crippen molar-refractivity contribution in [2.45, 2.75) is 20.8 Å². The molecule has 0 saturated carbocycles. The number of hydrogen-bond acceptors (Lipinski definition) is 6. The number of aryl methyl sites for hydroxylation is 2. The van der Waals surface area contributed by atoms with Gasteiger partial charge in [0.1, 0.15) is 0 Å². The molecule has 1 aliphatic heterocycles. The molecule has 0 aliphatic carbocycles. The van der Waals surface area contributed by atoms with Crippen molar-refractivity contribution in [3.63, 3.8) is 0 Å². The first-order chi connectivity index (χ1) is 10.2. The zero-order valence-corrected chi connectivity index (χ0v) is 12.6. The van der Waals surface area contributed by atoms with Gasteiger partial charge in [-0.1, -0.05) is 19.1 Å². The van der Waals surface area contributed by atoms with Crippen LogP contribution in [0.5, 0.6) is 0 Å². The van der Waals surface area contributed by atoms with E-state index in [1.807, 2.05) is 6.92 Å². The number of rotatable bonds is 2. The lowest BCUT2D eigenvalue weighted by atomic mass is 10.1. The molecule has 0 amide bonds. The average Bonchev–Trinajstić information content (AvgIpc) is 2.47. The Morgan fingerprint density at radius 2 is 2.14 bits per heavy atom. The van der Waals surface area contributed by atoms with Gasteiger partial charge in [-0.05, 0) is 32.0 Å². The highest BCUT2D eigenvalue weighted by Gasteiger charge is 2.12. The summed E-state index contributed by atoms with van der Waals surface area (Å²) in [5.74, 6) is 1.31. The van der Waals surface area contributed by atoms with E-state index in [2.05, 4.69) is 62.5 Å². The van der Waals surface area contributed by atoms with E-state index in [4.69, 9.17) is 0 Å². The number of aliphatic imine (C=N–C) groups is 1. The fourth-order valence-electron chi connectivity index (χ4n) is 2.32. The van der Waals surface area contributed by atoms with Crippen LogP contribution in [0.2, 0.25) is 0 Å². The molecule has 1 aromatic carbocycles. The van der Waals surface area contributed by atoms with Crippen LogP contribution < -0.4 is 10.6 Å². The SMILES string of the molecule is CCN1CN=C(Nc2nc(C)c3ccc(C)cc3n2)NC1. The van der Waals surface area contributed by atoms with Gasteiger partial charge in [-0.3, -0.25) is 10.2 Å². The molecule has 0 radical (unpaired) electrons. The standard InChI is InChI=1S/C15H20N6/c1-4-21-8-16-14(17-9-21)20-15-18-11(3)12-6-5-10(2)7-13(12)19-15/h5-7H,4,8-9H2,1-3H3,(H2,16,17,18,19,20). The van der Waals surface area contributed by atoms with Gasteiger partial charge < -0.3 is 5.32 Å². The van der Waals surface area contributed by atoms with Crippen LogP contribution in [-0.2, 0) is 0 Å². The molecule has 6 heteroatoms. The summed E-state index contributed by atoms with van der Waals surface area (Å²) in [6.07, 6.45) is 0. The van der Waals surface area contributed by atoms with Crippen molar-refractivity contribution in [1.29, 1.82) is 0 Å². The molecule has 1 aliphatic rings. The lowest BCUT2D eigenvalue weighted by Crippen LogP contribution is -2.45. The van der Waals surface area contributed by atoms with Crippen LogP contribution in [0.15, 0.2) is 23.2 Å². The fraction of sp³-hybridized carbons (Fsp3) is 0.400. The summed E-state index contributed by atoms with van der Waals surface area (Å²) in [5, 5.41) is 7.49. The van der Waals surface area contributed by atoms with Crippen LogP contribution in [0.3, 0.4) is 0 Å². The molecule has 2 heterocycles. The van der Waals surface area contributed by atoms with Gasteiger partial charge in [0, 0.05) is 5.39 Å². The third kappa shape index (κ3) is 2.95. The first kappa shape index (κ1) is 13.8. The van der Waals surface area contributed by atoms with Crippen molar-refractivity contribution in [3.05, 3.63) is 29.5 Å². The van der Waals surface area contributed by atoms with Gasteiger partial charge in [-0.15, -0.1) is 0 Å². The minimum atomic E-state index is 0.585. The molecule has 6 nitrogen and oxygen atoms in total. The lowest BCUT2D eigenvalue weighted by Gasteiger charge is -2.25. The minimum absolute atomic E-state index is 0.585. The second-order valence-electron chi connectivity index (χ2n) is 5.25. The summed E-state index contributed by atoms with van der Waals surface area (Å²) in [6, 6.07) is 6.22. The van der Waals surface area contributed by atoms with Gasteiger partial charge in [-0.25, -0.2) is 15.0 Å². The maximum absolute atomic E-state index is 4.57. The smallest absolute Gasteiger partial charge is 0.230 e. The predicted molar refractivity (Wildman–Crippen MR) is 85.3 cm³/mol. The zero-order chi connectivity index (χ0) is 14.8. The monoisotopic (exact) mass is 284 g/mol. The van der Waals surface area contributed by atoms with E-state index in [0.717, 1.165) is 35.8 Å². The minimum Gasteiger partial charge on any atom is -0.343 e. The fourth-order valence-corrected chi connectivity index (χ4v) is 2.32. The first-order valence-corrected chi connectivity index (χ1v) is 7.18. The first-order valence-electron chi connectivity index (χ1n) is 7.18. The number of guanidine groups is 1. The molecule has 0 fully saturated rings. The molecule has 2 N–H and O–H groups in total. The summed E-state index contributed by atoms with van der Waals surface area (Å²) in [7, 11) is 0. The van der Waals surface area contributed by atoms with Crippen LogP contribution >= 0.6 is 0 Å². The number of hydrogen-bond donors (Lipinski definition) is 2. The normalized spacial score (nSPS) is 15.7. The highest BCUT2D eigenvalue weighted by Crippen LogP contribution is 2.18.